The van der Waals surface area contributed by atoms with Gasteiger partial charge in [-0.05, 0) is 57.2 Å². The van der Waals surface area contributed by atoms with Gasteiger partial charge < -0.3 is 10.4 Å². The molecule has 9 nitrogen and oxygen atoms in total. The summed E-state index contributed by atoms with van der Waals surface area (Å²) in [6.45, 7) is 5.45. The number of rotatable bonds is 5. The van der Waals surface area contributed by atoms with E-state index in [1.165, 1.54) is 0 Å². The maximum Gasteiger partial charge on any atom is 0.171 e. The zero-order valence-corrected chi connectivity index (χ0v) is 18.9. The standard InChI is InChI=1S/C25H22N8O/c1-14-4-5-18(12-27-14)29-17-6-8-22-20(10-17)28-13-33(22)23-9-7-19(16(3)34)25(30-23)24-15(2)31-32-21(24)11-26/h4-10,12-13,16,29,34H,1-3H3,(H,31,32)/t16-/m0/s1. The summed E-state index contributed by atoms with van der Waals surface area (Å²) in [6.07, 6.45) is 2.74. The lowest BCUT2D eigenvalue weighted by Gasteiger charge is -2.14. The Kier molecular flexibility index (Phi) is 5.28. The van der Waals surface area contributed by atoms with Crippen LogP contribution in [0, 0.1) is 25.2 Å². The van der Waals surface area contributed by atoms with E-state index in [4.69, 9.17) is 4.98 Å². The van der Waals surface area contributed by atoms with Gasteiger partial charge in [0.25, 0.3) is 0 Å². The van der Waals surface area contributed by atoms with Crippen molar-refractivity contribution in [3.8, 4) is 23.1 Å². The van der Waals surface area contributed by atoms with Crippen LogP contribution in [0.15, 0.2) is 55.0 Å². The van der Waals surface area contributed by atoms with Crippen LogP contribution >= 0.6 is 0 Å². The molecule has 0 aliphatic heterocycles. The van der Waals surface area contributed by atoms with E-state index in [9.17, 15) is 10.4 Å². The molecular formula is C25H22N8O. The Morgan fingerprint density at radius 2 is 1.91 bits per heavy atom. The molecule has 4 heterocycles. The maximum atomic E-state index is 10.3. The molecular weight excluding hydrogens is 428 g/mol. The second-order valence-electron chi connectivity index (χ2n) is 8.10. The zero-order chi connectivity index (χ0) is 23.8. The van der Waals surface area contributed by atoms with E-state index in [1.54, 1.807) is 19.4 Å². The number of H-pyrrole nitrogens is 1. The van der Waals surface area contributed by atoms with Gasteiger partial charge in [-0.25, -0.2) is 9.97 Å². The topological polar surface area (TPSA) is 128 Å². The van der Waals surface area contributed by atoms with Crippen LogP contribution in [0.2, 0.25) is 0 Å². The molecule has 0 fully saturated rings. The van der Waals surface area contributed by atoms with Crippen molar-refractivity contribution in [3.05, 3.63) is 77.6 Å². The molecule has 0 spiro atoms. The smallest absolute Gasteiger partial charge is 0.171 e. The Morgan fingerprint density at radius 1 is 1.09 bits per heavy atom. The van der Waals surface area contributed by atoms with Gasteiger partial charge in [0.05, 0.1) is 40.3 Å². The quantitative estimate of drug-likeness (QED) is 0.360. The summed E-state index contributed by atoms with van der Waals surface area (Å²) in [5.41, 5.74) is 7.09. The Labute approximate surface area is 195 Å². The van der Waals surface area contributed by atoms with E-state index >= 15 is 0 Å². The van der Waals surface area contributed by atoms with Gasteiger partial charge in [-0.15, -0.1) is 0 Å². The molecule has 3 N–H and O–H groups in total. The number of nitriles is 1. The summed E-state index contributed by atoms with van der Waals surface area (Å²) >= 11 is 0. The molecule has 168 valence electrons. The van der Waals surface area contributed by atoms with Crippen LogP contribution in [-0.2, 0) is 0 Å². The summed E-state index contributed by atoms with van der Waals surface area (Å²) in [4.78, 5) is 13.7. The van der Waals surface area contributed by atoms with Crippen LogP contribution in [0.4, 0.5) is 11.4 Å². The van der Waals surface area contributed by atoms with E-state index in [0.717, 1.165) is 28.1 Å². The second kappa shape index (κ2) is 8.42. The van der Waals surface area contributed by atoms with Crippen molar-refractivity contribution in [1.29, 1.82) is 5.26 Å². The van der Waals surface area contributed by atoms with Crippen molar-refractivity contribution < 1.29 is 5.11 Å². The monoisotopic (exact) mass is 450 g/mol. The fourth-order valence-electron chi connectivity index (χ4n) is 3.91. The molecule has 34 heavy (non-hydrogen) atoms. The lowest BCUT2D eigenvalue weighted by Crippen LogP contribution is -2.04. The number of pyridine rings is 2. The number of hydrogen-bond donors (Lipinski definition) is 3. The highest BCUT2D eigenvalue weighted by molar-refractivity contribution is 5.82. The Morgan fingerprint density at radius 3 is 2.65 bits per heavy atom. The van der Waals surface area contributed by atoms with Crippen molar-refractivity contribution in [2.45, 2.75) is 26.9 Å². The zero-order valence-electron chi connectivity index (χ0n) is 18.9. The predicted molar refractivity (Wildman–Crippen MR) is 129 cm³/mol. The van der Waals surface area contributed by atoms with Crippen molar-refractivity contribution >= 4 is 22.4 Å². The summed E-state index contributed by atoms with van der Waals surface area (Å²) in [5.74, 6) is 0.620. The molecule has 0 aliphatic rings. The summed E-state index contributed by atoms with van der Waals surface area (Å²) < 4.78 is 1.88. The van der Waals surface area contributed by atoms with Crippen LogP contribution in [0.1, 0.15) is 35.7 Å². The van der Waals surface area contributed by atoms with E-state index in [0.29, 0.717) is 28.3 Å². The molecule has 0 saturated heterocycles. The summed E-state index contributed by atoms with van der Waals surface area (Å²) in [5, 5.41) is 30.1. The number of aryl methyl sites for hydroxylation is 2. The highest BCUT2D eigenvalue weighted by atomic mass is 16.3. The van der Waals surface area contributed by atoms with Crippen LogP contribution in [0.3, 0.4) is 0 Å². The van der Waals surface area contributed by atoms with Gasteiger partial charge in [-0.2, -0.15) is 10.4 Å². The maximum absolute atomic E-state index is 10.3. The molecule has 1 atom stereocenters. The molecule has 0 bridgehead atoms. The SMILES string of the molecule is Cc1ccc(Nc2ccc3c(c2)ncn3-c2ccc([C@H](C)O)c(-c3c(C#N)n[nH]c3C)n2)cn1. The Balaban J connectivity index is 1.56. The second-order valence-corrected chi connectivity index (χ2v) is 8.10. The van der Waals surface area contributed by atoms with Crippen molar-refractivity contribution in [3.63, 3.8) is 0 Å². The van der Waals surface area contributed by atoms with Gasteiger partial charge >= 0.3 is 0 Å². The number of benzene rings is 1. The average Bonchev–Trinajstić information content (AvgIpc) is 3.42. The van der Waals surface area contributed by atoms with Gasteiger partial charge in [-0.3, -0.25) is 14.6 Å². The number of fused-ring (bicyclic) bond motifs is 1. The Hall–Kier alpha value is -4.55. The van der Waals surface area contributed by atoms with E-state index in [-0.39, 0.29) is 5.69 Å². The number of nitrogens with zero attached hydrogens (tertiary/aromatic N) is 6. The number of hydrogen-bond acceptors (Lipinski definition) is 7. The molecule has 9 heteroatoms. The minimum atomic E-state index is -0.762. The first-order valence-corrected chi connectivity index (χ1v) is 10.8. The van der Waals surface area contributed by atoms with Gasteiger partial charge in [0, 0.05) is 22.6 Å². The molecule has 0 aliphatic carbocycles. The number of aliphatic hydroxyl groups is 1. The first-order chi connectivity index (χ1) is 16.4. The van der Waals surface area contributed by atoms with Crippen molar-refractivity contribution in [1.82, 2.24) is 29.7 Å². The first-order valence-electron chi connectivity index (χ1n) is 10.8. The number of aromatic nitrogens is 6. The minimum absolute atomic E-state index is 0.237. The highest BCUT2D eigenvalue weighted by Gasteiger charge is 2.21. The fraction of sp³-hybridized carbons (Fsp3) is 0.160. The molecule has 0 saturated carbocycles. The number of aliphatic hydroxyl groups excluding tert-OH is 1. The third kappa shape index (κ3) is 3.76. The lowest BCUT2D eigenvalue weighted by molar-refractivity contribution is 0.199. The number of anilines is 2. The van der Waals surface area contributed by atoms with E-state index < -0.39 is 6.10 Å². The van der Waals surface area contributed by atoms with Gasteiger partial charge in [0.2, 0.25) is 0 Å². The van der Waals surface area contributed by atoms with E-state index in [2.05, 4.69) is 31.6 Å². The molecule has 5 rings (SSSR count). The first kappa shape index (κ1) is 21.3. The number of aromatic amines is 1. The fourth-order valence-corrected chi connectivity index (χ4v) is 3.91. The Bertz CT molecular complexity index is 1540. The van der Waals surface area contributed by atoms with Crippen LogP contribution in [0.25, 0.3) is 28.1 Å². The molecule has 1 aromatic carbocycles. The normalized spacial score (nSPS) is 12.0. The van der Waals surface area contributed by atoms with Gasteiger partial charge in [0.1, 0.15) is 18.2 Å². The number of nitrogens with one attached hydrogen (secondary N) is 2. The molecule has 0 amide bonds. The third-order valence-corrected chi connectivity index (χ3v) is 5.65. The van der Waals surface area contributed by atoms with Gasteiger partial charge in [-0.1, -0.05) is 6.07 Å². The largest absolute Gasteiger partial charge is 0.389 e. The lowest BCUT2D eigenvalue weighted by atomic mass is 10.0. The molecule has 0 unspecified atom stereocenters. The van der Waals surface area contributed by atoms with Crippen LogP contribution < -0.4 is 5.32 Å². The molecule has 0 radical (unpaired) electrons. The van der Waals surface area contributed by atoms with Crippen LogP contribution in [-0.4, -0.2) is 34.8 Å². The minimum Gasteiger partial charge on any atom is -0.389 e. The average molecular weight is 451 g/mol. The van der Waals surface area contributed by atoms with Crippen LogP contribution in [0.5, 0.6) is 0 Å². The molecule has 4 aromatic heterocycles. The summed E-state index contributed by atoms with van der Waals surface area (Å²) in [6, 6.07) is 15.6. The van der Waals surface area contributed by atoms with Crippen molar-refractivity contribution in [2.75, 3.05) is 5.32 Å². The van der Waals surface area contributed by atoms with Gasteiger partial charge in [0.15, 0.2) is 5.69 Å². The third-order valence-electron chi connectivity index (χ3n) is 5.65. The number of imidazole rings is 1. The van der Waals surface area contributed by atoms with Crippen molar-refractivity contribution in [2.24, 2.45) is 0 Å². The highest BCUT2D eigenvalue weighted by Crippen LogP contribution is 2.32. The molecule has 5 aromatic rings. The van der Waals surface area contributed by atoms with E-state index in [1.807, 2.05) is 60.9 Å². The summed E-state index contributed by atoms with van der Waals surface area (Å²) in [7, 11) is 0. The predicted octanol–water partition coefficient (Wildman–Crippen LogP) is 4.49.